The molecule has 1 aliphatic heterocycles. The molecule has 6 heteroatoms. The highest BCUT2D eigenvalue weighted by molar-refractivity contribution is 6.07. The number of amides is 2. The predicted molar refractivity (Wildman–Crippen MR) is 92.8 cm³/mol. The van der Waals surface area contributed by atoms with Gasteiger partial charge in [0, 0.05) is 17.5 Å². The Labute approximate surface area is 142 Å². The molecule has 24 heavy (non-hydrogen) atoms. The van der Waals surface area contributed by atoms with Gasteiger partial charge in [0.25, 0.3) is 0 Å². The van der Waals surface area contributed by atoms with Crippen molar-refractivity contribution in [2.75, 3.05) is 0 Å². The number of hydrogen-bond acceptors (Lipinski definition) is 5. The number of piperidine rings is 1. The van der Waals surface area contributed by atoms with E-state index in [2.05, 4.69) is 5.32 Å². The highest BCUT2D eigenvalue weighted by Gasteiger charge is 2.34. The SMILES string of the molecule is CC.CC(=O)c1ccccc1C(C)=O.CC1(N)CCC(=O)NC1=O. The summed E-state index contributed by atoms with van der Waals surface area (Å²) in [5, 5.41) is 2.17. The van der Waals surface area contributed by atoms with Crippen molar-refractivity contribution in [1.29, 1.82) is 0 Å². The first-order chi connectivity index (χ1) is 11.1. The lowest BCUT2D eigenvalue weighted by Crippen LogP contribution is -2.57. The van der Waals surface area contributed by atoms with E-state index in [9.17, 15) is 19.2 Å². The number of ketones is 2. The van der Waals surface area contributed by atoms with Gasteiger partial charge in [0.2, 0.25) is 11.8 Å². The summed E-state index contributed by atoms with van der Waals surface area (Å²) >= 11 is 0. The molecule has 1 aromatic rings. The minimum atomic E-state index is -0.853. The molecule has 1 aromatic carbocycles. The smallest absolute Gasteiger partial charge is 0.246 e. The Morgan fingerprint density at radius 3 is 1.75 bits per heavy atom. The molecule has 2 amide bonds. The molecule has 1 fully saturated rings. The molecule has 6 nitrogen and oxygen atoms in total. The van der Waals surface area contributed by atoms with Crippen molar-refractivity contribution in [3.05, 3.63) is 35.4 Å². The fraction of sp³-hybridized carbons (Fsp3) is 0.444. The third-order valence-corrected chi connectivity index (χ3v) is 3.33. The number of hydrogen-bond donors (Lipinski definition) is 2. The Balaban J connectivity index is 0.000000405. The van der Waals surface area contributed by atoms with Crippen molar-refractivity contribution < 1.29 is 19.2 Å². The van der Waals surface area contributed by atoms with Gasteiger partial charge < -0.3 is 5.73 Å². The number of carbonyl (C=O) groups excluding carboxylic acids is 4. The van der Waals surface area contributed by atoms with E-state index in [1.807, 2.05) is 13.8 Å². The van der Waals surface area contributed by atoms with E-state index < -0.39 is 5.54 Å². The summed E-state index contributed by atoms with van der Waals surface area (Å²) in [6.45, 7) is 8.54. The van der Waals surface area contributed by atoms with Crippen molar-refractivity contribution in [2.45, 2.75) is 53.0 Å². The van der Waals surface area contributed by atoms with E-state index in [1.165, 1.54) is 13.8 Å². The zero-order chi connectivity index (χ0) is 18.9. The molecule has 1 saturated heterocycles. The number of carbonyl (C=O) groups is 4. The van der Waals surface area contributed by atoms with Crippen LogP contribution in [0.25, 0.3) is 0 Å². The molecule has 1 unspecified atom stereocenters. The van der Waals surface area contributed by atoms with Crippen molar-refractivity contribution in [3.8, 4) is 0 Å². The van der Waals surface area contributed by atoms with Gasteiger partial charge >= 0.3 is 0 Å². The van der Waals surface area contributed by atoms with Gasteiger partial charge in [-0.15, -0.1) is 0 Å². The summed E-state index contributed by atoms with van der Waals surface area (Å²) in [5.74, 6) is -0.738. The minimum Gasteiger partial charge on any atom is -0.318 e. The molecular formula is C18H26N2O4. The first kappa shape index (κ1) is 21.7. The lowest BCUT2D eigenvalue weighted by atomic mass is 9.93. The van der Waals surface area contributed by atoms with Crippen molar-refractivity contribution in [3.63, 3.8) is 0 Å². The molecule has 2 rings (SSSR count). The van der Waals surface area contributed by atoms with E-state index in [4.69, 9.17) is 5.73 Å². The van der Waals surface area contributed by atoms with Gasteiger partial charge in [0.1, 0.15) is 0 Å². The third kappa shape index (κ3) is 6.42. The molecule has 0 spiro atoms. The van der Waals surface area contributed by atoms with E-state index in [0.717, 1.165) is 0 Å². The van der Waals surface area contributed by atoms with Crippen molar-refractivity contribution in [1.82, 2.24) is 5.32 Å². The number of imide groups is 1. The summed E-state index contributed by atoms with van der Waals surface area (Å²) < 4.78 is 0. The van der Waals surface area contributed by atoms with Crippen LogP contribution in [0.4, 0.5) is 0 Å². The summed E-state index contributed by atoms with van der Waals surface area (Å²) in [6.07, 6.45) is 0.788. The fourth-order valence-electron chi connectivity index (χ4n) is 1.92. The first-order valence-electron chi connectivity index (χ1n) is 7.89. The van der Waals surface area contributed by atoms with Gasteiger partial charge in [0.15, 0.2) is 11.6 Å². The van der Waals surface area contributed by atoms with Gasteiger partial charge in [-0.3, -0.25) is 24.5 Å². The standard InChI is InChI=1S/C10H10O2.C6H10N2O2.C2H6/c1-7(11)9-5-3-4-6-10(9)8(2)12;1-6(7)3-2-4(9)8-5(6)10;1-2/h3-6H,1-2H3;2-3,7H2,1H3,(H,8,9,10);1-2H3. The third-order valence-electron chi connectivity index (χ3n) is 3.33. The molecule has 132 valence electrons. The van der Waals surface area contributed by atoms with Crippen LogP contribution < -0.4 is 11.1 Å². The second-order valence-electron chi connectivity index (χ2n) is 5.45. The molecule has 1 aliphatic rings. The number of nitrogens with two attached hydrogens (primary N) is 1. The van der Waals surface area contributed by atoms with Gasteiger partial charge in [-0.1, -0.05) is 38.1 Å². The summed E-state index contributed by atoms with van der Waals surface area (Å²) in [7, 11) is 0. The van der Waals surface area contributed by atoms with Gasteiger partial charge in [0.05, 0.1) is 5.54 Å². The fourth-order valence-corrected chi connectivity index (χ4v) is 1.92. The minimum absolute atomic E-state index is 0.0687. The van der Waals surface area contributed by atoms with E-state index in [-0.39, 0.29) is 23.4 Å². The Bertz CT molecular complexity index is 588. The molecule has 1 heterocycles. The van der Waals surface area contributed by atoms with Crippen LogP contribution in [0.3, 0.4) is 0 Å². The molecular weight excluding hydrogens is 308 g/mol. The second-order valence-corrected chi connectivity index (χ2v) is 5.45. The maximum absolute atomic E-state index is 11.0. The zero-order valence-corrected chi connectivity index (χ0v) is 14.9. The molecule has 0 bridgehead atoms. The zero-order valence-electron chi connectivity index (χ0n) is 14.9. The van der Waals surface area contributed by atoms with Crippen LogP contribution in [0.15, 0.2) is 24.3 Å². The second kappa shape index (κ2) is 9.72. The highest BCUT2D eigenvalue weighted by atomic mass is 16.2. The largest absolute Gasteiger partial charge is 0.318 e. The van der Waals surface area contributed by atoms with Gasteiger partial charge in [-0.2, -0.15) is 0 Å². The number of rotatable bonds is 2. The van der Waals surface area contributed by atoms with Gasteiger partial charge in [-0.25, -0.2) is 0 Å². The monoisotopic (exact) mass is 334 g/mol. The lowest BCUT2D eigenvalue weighted by molar-refractivity contribution is -0.137. The number of nitrogens with one attached hydrogen (secondary N) is 1. The van der Waals surface area contributed by atoms with Crippen LogP contribution in [-0.4, -0.2) is 28.9 Å². The summed E-state index contributed by atoms with van der Waals surface area (Å²) in [5.41, 5.74) is 5.68. The van der Waals surface area contributed by atoms with Crippen LogP contribution in [0, 0.1) is 0 Å². The normalized spacial score (nSPS) is 19.1. The molecule has 1 atom stereocenters. The van der Waals surface area contributed by atoms with Crippen LogP contribution in [0.2, 0.25) is 0 Å². The maximum Gasteiger partial charge on any atom is 0.246 e. The predicted octanol–water partition coefficient (Wildman–Crippen LogP) is 2.26. The number of benzene rings is 1. The average Bonchev–Trinajstić information content (AvgIpc) is 2.54. The maximum atomic E-state index is 11.0. The molecule has 0 radical (unpaired) electrons. The summed E-state index contributed by atoms with van der Waals surface area (Å²) in [6, 6.07) is 6.84. The Morgan fingerprint density at radius 1 is 1.04 bits per heavy atom. The van der Waals surface area contributed by atoms with Crippen molar-refractivity contribution >= 4 is 23.4 Å². The van der Waals surface area contributed by atoms with Crippen LogP contribution in [0.5, 0.6) is 0 Å². The number of Topliss-reactive ketones (excluding diaryl/α,β-unsaturated/α-hetero) is 2. The van der Waals surface area contributed by atoms with Gasteiger partial charge in [-0.05, 0) is 27.2 Å². The molecule has 0 saturated carbocycles. The Morgan fingerprint density at radius 2 is 1.46 bits per heavy atom. The quantitative estimate of drug-likeness (QED) is 0.637. The van der Waals surface area contributed by atoms with E-state index >= 15 is 0 Å². The van der Waals surface area contributed by atoms with E-state index in [0.29, 0.717) is 24.0 Å². The lowest BCUT2D eigenvalue weighted by Gasteiger charge is -2.26. The Hall–Kier alpha value is -2.34. The van der Waals surface area contributed by atoms with E-state index in [1.54, 1.807) is 31.2 Å². The van der Waals surface area contributed by atoms with Crippen LogP contribution in [0.1, 0.15) is 68.2 Å². The Kier molecular flexibility index (Phi) is 8.77. The highest BCUT2D eigenvalue weighted by Crippen LogP contribution is 2.13. The molecule has 3 N–H and O–H groups in total. The molecule has 0 aliphatic carbocycles. The molecule has 0 aromatic heterocycles. The average molecular weight is 334 g/mol. The summed E-state index contributed by atoms with van der Waals surface area (Å²) in [4.78, 5) is 43.5. The first-order valence-corrected chi connectivity index (χ1v) is 7.89. The van der Waals surface area contributed by atoms with Crippen LogP contribution in [-0.2, 0) is 9.59 Å². The topological polar surface area (TPSA) is 106 Å². The van der Waals surface area contributed by atoms with Crippen molar-refractivity contribution in [2.24, 2.45) is 5.73 Å². The van der Waals surface area contributed by atoms with Crippen LogP contribution >= 0.6 is 0 Å².